The molecule has 1 aromatic carbocycles. The van der Waals surface area contributed by atoms with E-state index in [1.165, 1.54) is 7.11 Å². The number of rotatable bonds is 6. The molecule has 8 heteroatoms. The lowest BCUT2D eigenvalue weighted by atomic mass is 9.96. The monoisotopic (exact) mass is 562 g/mol. The maximum atomic E-state index is 12.0. The van der Waals surface area contributed by atoms with Crippen molar-refractivity contribution < 1.29 is 22.7 Å². The predicted molar refractivity (Wildman–Crippen MR) is 104 cm³/mol. The third kappa shape index (κ3) is 4.01. The van der Waals surface area contributed by atoms with Gasteiger partial charge in [0.05, 0.1) is 24.6 Å². The summed E-state index contributed by atoms with van der Waals surface area (Å²) in [6, 6.07) is 3.79. The zero-order chi connectivity index (χ0) is 17.4. The van der Waals surface area contributed by atoms with E-state index in [9.17, 15) is 13.2 Å². The van der Waals surface area contributed by atoms with Gasteiger partial charge in [-0.3, -0.25) is 4.79 Å². The molecule has 1 saturated carbocycles. The highest BCUT2D eigenvalue weighted by molar-refractivity contribution is 14.1. The Balaban J connectivity index is 2.25. The fourth-order valence-electron chi connectivity index (χ4n) is 2.16. The number of esters is 1. The second-order valence-corrected chi connectivity index (χ2v) is 9.89. The fraction of sp³-hybridized carbons (Fsp3) is 0.400. The van der Waals surface area contributed by atoms with Crippen LogP contribution >= 0.6 is 45.2 Å². The molecular formula is C15H16I2O5S. The zero-order valence-electron chi connectivity index (χ0n) is 12.7. The molecule has 126 valence electrons. The summed E-state index contributed by atoms with van der Waals surface area (Å²) in [6.45, 7) is 3.43. The molecule has 0 amide bonds. The van der Waals surface area contributed by atoms with Crippen LogP contribution in [0, 0.1) is 7.14 Å². The van der Waals surface area contributed by atoms with E-state index >= 15 is 0 Å². The van der Waals surface area contributed by atoms with Crippen molar-refractivity contribution in [3.05, 3.63) is 36.3 Å². The lowest BCUT2D eigenvalue weighted by Crippen LogP contribution is -2.22. The molecule has 0 unspecified atom stereocenters. The number of hydrogen-bond donors (Lipinski definition) is 0. The van der Waals surface area contributed by atoms with Gasteiger partial charge in [-0.2, -0.15) is 0 Å². The van der Waals surface area contributed by atoms with Gasteiger partial charge >= 0.3 is 5.97 Å². The molecule has 1 aromatic rings. The lowest BCUT2D eigenvalue weighted by molar-refractivity contribution is -0.143. The highest BCUT2D eigenvalue weighted by Gasteiger charge is 2.52. The molecule has 0 atom stereocenters. The summed E-state index contributed by atoms with van der Waals surface area (Å²) >= 11 is 4.24. The molecule has 1 aliphatic rings. The number of halogens is 2. The molecule has 0 heterocycles. The highest BCUT2D eigenvalue weighted by Crippen LogP contribution is 2.50. The van der Waals surface area contributed by atoms with Gasteiger partial charge in [-0.25, -0.2) is 8.42 Å². The molecule has 5 nitrogen and oxygen atoms in total. The smallest absolute Gasteiger partial charge is 0.316 e. The van der Waals surface area contributed by atoms with E-state index in [1.807, 2.05) is 12.1 Å². The van der Waals surface area contributed by atoms with Gasteiger partial charge in [0.2, 0.25) is 0 Å². The van der Waals surface area contributed by atoms with E-state index in [2.05, 4.69) is 51.8 Å². The third-order valence-corrected chi connectivity index (χ3v) is 6.55. The van der Waals surface area contributed by atoms with Crippen LogP contribution in [-0.2, 0) is 24.8 Å². The number of methoxy groups -OCH3 is 1. The van der Waals surface area contributed by atoms with Crippen LogP contribution in [0.4, 0.5) is 0 Å². The average molecular weight is 562 g/mol. The summed E-state index contributed by atoms with van der Waals surface area (Å²) in [5.41, 5.74) is 0.371. The molecule has 1 aliphatic carbocycles. The topological polar surface area (TPSA) is 69.7 Å². The fourth-order valence-corrected chi connectivity index (χ4v) is 4.52. The van der Waals surface area contributed by atoms with Gasteiger partial charge in [0, 0.05) is 6.26 Å². The number of ether oxygens (including phenoxy) is 2. The predicted octanol–water partition coefficient (Wildman–Crippen LogP) is 3.04. The maximum absolute atomic E-state index is 12.0. The SMILES string of the molecule is C=C(COc1c(I)cc(C2(C(=O)OC)CC2)cc1I)S(C)(=O)=O. The van der Waals surface area contributed by atoms with Gasteiger partial charge in [0.1, 0.15) is 12.4 Å². The van der Waals surface area contributed by atoms with Crippen molar-refractivity contribution in [2.75, 3.05) is 20.0 Å². The van der Waals surface area contributed by atoms with Crippen molar-refractivity contribution in [2.24, 2.45) is 0 Å². The standard InChI is InChI=1S/C15H16I2O5S/c1-9(23(3,19)20)8-22-13-11(16)6-10(7-12(13)17)15(4-5-15)14(18)21-2/h6-7H,1,4-5,8H2,2-3H3. The van der Waals surface area contributed by atoms with Crippen LogP contribution in [0.25, 0.3) is 0 Å². The first kappa shape index (κ1) is 19.0. The Morgan fingerprint density at radius 2 is 1.83 bits per heavy atom. The van der Waals surface area contributed by atoms with Gasteiger partial charge in [-0.1, -0.05) is 6.58 Å². The van der Waals surface area contributed by atoms with Crippen molar-refractivity contribution in [1.29, 1.82) is 0 Å². The highest BCUT2D eigenvalue weighted by atomic mass is 127. The van der Waals surface area contributed by atoms with Crippen molar-refractivity contribution >= 4 is 61.0 Å². The molecule has 0 spiro atoms. The van der Waals surface area contributed by atoms with E-state index in [0.717, 1.165) is 31.8 Å². The van der Waals surface area contributed by atoms with E-state index in [4.69, 9.17) is 9.47 Å². The number of benzene rings is 1. The summed E-state index contributed by atoms with van der Waals surface area (Å²) < 4.78 is 34.9. The van der Waals surface area contributed by atoms with Crippen molar-refractivity contribution in [1.82, 2.24) is 0 Å². The summed E-state index contributed by atoms with van der Waals surface area (Å²) in [5, 5.41) is 0. The summed E-state index contributed by atoms with van der Waals surface area (Å²) in [4.78, 5) is 12.0. The van der Waals surface area contributed by atoms with Crippen LogP contribution < -0.4 is 4.74 Å². The quantitative estimate of drug-likeness (QED) is 0.394. The molecule has 2 rings (SSSR count). The van der Waals surface area contributed by atoms with Crippen LogP contribution in [0.2, 0.25) is 0 Å². The minimum atomic E-state index is -3.32. The number of carbonyl (C=O) groups is 1. The van der Waals surface area contributed by atoms with Gasteiger partial charge in [0.15, 0.2) is 9.84 Å². The van der Waals surface area contributed by atoms with Gasteiger partial charge < -0.3 is 9.47 Å². The Morgan fingerprint density at radius 1 is 1.30 bits per heavy atom. The largest absolute Gasteiger partial charge is 0.486 e. The van der Waals surface area contributed by atoms with Crippen LogP contribution in [0.5, 0.6) is 5.75 Å². The Kier molecular flexibility index (Phi) is 5.66. The van der Waals surface area contributed by atoms with Gasteiger partial charge in [-0.05, 0) is 75.7 Å². The average Bonchev–Trinajstić information content (AvgIpc) is 3.25. The second kappa shape index (κ2) is 6.87. The van der Waals surface area contributed by atoms with E-state index in [0.29, 0.717) is 5.75 Å². The molecule has 0 N–H and O–H groups in total. The zero-order valence-corrected chi connectivity index (χ0v) is 17.8. The lowest BCUT2D eigenvalue weighted by Gasteiger charge is -2.17. The summed E-state index contributed by atoms with van der Waals surface area (Å²) in [5.74, 6) is 0.378. The molecule has 0 bridgehead atoms. The molecule has 0 aliphatic heterocycles. The van der Waals surface area contributed by atoms with Crippen LogP contribution in [0.1, 0.15) is 18.4 Å². The first-order valence-corrected chi connectivity index (χ1v) is 10.8. The molecule has 1 fully saturated rings. The molecule has 0 saturated heterocycles. The number of carbonyl (C=O) groups excluding carboxylic acids is 1. The minimum Gasteiger partial charge on any atom is -0.486 e. The Morgan fingerprint density at radius 3 is 2.22 bits per heavy atom. The van der Waals surface area contributed by atoms with Gasteiger partial charge in [-0.15, -0.1) is 0 Å². The summed E-state index contributed by atoms with van der Waals surface area (Å²) in [6.07, 6.45) is 2.65. The first-order chi connectivity index (χ1) is 10.6. The number of sulfone groups is 1. The Hall–Kier alpha value is -0.360. The van der Waals surface area contributed by atoms with E-state index in [-0.39, 0.29) is 17.5 Å². The van der Waals surface area contributed by atoms with Crippen molar-refractivity contribution in [3.63, 3.8) is 0 Å². The van der Waals surface area contributed by atoms with E-state index < -0.39 is 15.3 Å². The first-order valence-electron chi connectivity index (χ1n) is 6.70. The molecule has 0 aromatic heterocycles. The Bertz CT molecular complexity index is 743. The molecule has 23 heavy (non-hydrogen) atoms. The molecule has 0 radical (unpaired) electrons. The number of hydrogen-bond acceptors (Lipinski definition) is 5. The van der Waals surface area contributed by atoms with Crippen molar-refractivity contribution in [2.45, 2.75) is 18.3 Å². The third-order valence-electron chi connectivity index (χ3n) is 3.78. The van der Waals surface area contributed by atoms with Gasteiger partial charge in [0.25, 0.3) is 0 Å². The van der Waals surface area contributed by atoms with Crippen molar-refractivity contribution in [3.8, 4) is 5.75 Å². The van der Waals surface area contributed by atoms with Crippen LogP contribution in [0.15, 0.2) is 23.6 Å². The molecular weight excluding hydrogens is 546 g/mol. The minimum absolute atomic E-state index is 0.0291. The normalized spacial score (nSPS) is 15.8. The Labute approximate surface area is 163 Å². The van der Waals surface area contributed by atoms with Crippen LogP contribution in [0.3, 0.4) is 0 Å². The summed E-state index contributed by atoms with van der Waals surface area (Å²) in [7, 11) is -1.92. The second-order valence-electron chi connectivity index (χ2n) is 5.44. The van der Waals surface area contributed by atoms with E-state index in [1.54, 1.807) is 0 Å². The maximum Gasteiger partial charge on any atom is 0.316 e. The van der Waals surface area contributed by atoms with Crippen LogP contribution in [-0.4, -0.2) is 34.4 Å².